The summed E-state index contributed by atoms with van der Waals surface area (Å²) < 4.78 is 23.3. The molecule has 0 radical (unpaired) electrons. The van der Waals surface area contributed by atoms with Gasteiger partial charge in [-0.05, 0) is 0 Å². The van der Waals surface area contributed by atoms with Gasteiger partial charge in [0.05, 0.1) is 6.61 Å². The highest BCUT2D eigenvalue weighted by atomic mass is 19.3. The molecule has 7 heteroatoms. The van der Waals surface area contributed by atoms with E-state index in [0.717, 1.165) is 0 Å². The van der Waals surface area contributed by atoms with Crippen molar-refractivity contribution < 1.29 is 34.0 Å². The van der Waals surface area contributed by atoms with Gasteiger partial charge in [0.25, 0.3) is 6.43 Å². The number of hydrogen-bond acceptors (Lipinski definition) is 5. The molecule has 0 rings (SSSR count). The van der Waals surface area contributed by atoms with Gasteiger partial charge in [-0.2, -0.15) is 0 Å². The maximum absolute atomic E-state index is 11.6. The molecule has 13 heavy (non-hydrogen) atoms. The lowest BCUT2D eigenvalue weighted by molar-refractivity contribution is -0.150. The lowest BCUT2D eigenvalue weighted by atomic mass is 10.1. The molecular formula is C6H10F2O5. The highest BCUT2D eigenvalue weighted by Crippen LogP contribution is 2.06. The maximum Gasteiger partial charge on any atom is 0.298 e. The minimum absolute atomic E-state index is 0.936. The Morgan fingerprint density at radius 1 is 1.23 bits per heavy atom. The molecule has 0 saturated heterocycles. The molecule has 0 aliphatic carbocycles. The van der Waals surface area contributed by atoms with Gasteiger partial charge >= 0.3 is 0 Å². The van der Waals surface area contributed by atoms with Gasteiger partial charge in [0.15, 0.2) is 0 Å². The van der Waals surface area contributed by atoms with Crippen LogP contribution < -0.4 is 0 Å². The number of rotatable bonds is 5. The Bertz CT molecular complexity index is 174. The first-order chi connectivity index (χ1) is 5.91. The molecule has 4 N–H and O–H groups in total. The molecule has 0 saturated carbocycles. The van der Waals surface area contributed by atoms with E-state index in [1.54, 1.807) is 0 Å². The summed E-state index contributed by atoms with van der Waals surface area (Å²) in [4.78, 5) is 10.4. The van der Waals surface area contributed by atoms with Gasteiger partial charge < -0.3 is 20.4 Å². The first kappa shape index (κ1) is 12.4. The molecule has 78 valence electrons. The quantitative estimate of drug-likeness (QED) is 0.407. The van der Waals surface area contributed by atoms with E-state index >= 15 is 0 Å². The zero-order valence-corrected chi connectivity index (χ0v) is 6.47. The van der Waals surface area contributed by atoms with Crippen molar-refractivity contribution in [2.75, 3.05) is 6.61 Å². The number of aliphatic hydroxyl groups excluding tert-OH is 4. The number of aliphatic hydroxyl groups is 4. The van der Waals surface area contributed by atoms with E-state index in [1.165, 1.54) is 0 Å². The van der Waals surface area contributed by atoms with Crippen LogP contribution in [0, 0.1) is 0 Å². The molecule has 5 nitrogen and oxygen atoms in total. The summed E-state index contributed by atoms with van der Waals surface area (Å²) in [5, 5.41) is 34.4. The monoisotopic (exact) mass is 200 g/mol. The fourth-order valence-electron chi connectivity index (χ4n) is 0.616. The number of hydrogen-bond donors (Lipinski definition) is 4. The second-order valence-corrected chi connectivity index (χ2v) is 2.39. The molecule has 3 atom stereocenters. The third kappa shape index (κ3) is 3.31. The predicted octanol–water partition coefficient (Wildman–Crippen LogP) is -2.10. The van der Waals surface area contributed by atoms with Gasteiger partial charge in [0.2, 0.25) is 5.78 Å². The van der Waals surface area contributed by atoms with Crippen molar-refractivity contribution in [1.29, 1.82) is 0 Å². The fourth-order valence-corrected chi connectivity index (χ4v) is 0.616. The molecule has 0 aliphatic heterocycles. The summed E-state index contributed by atoms with van der Waals surface area (Å²) in [7, 11) is 0. The summed E-state index contributed by atoms with van der Waals surface area (Å²) in [6, 6.07) is 0. The Balaban J connectivity index is 4.24. The first-order valence-electron chi connectivity index (χ1n) is 3.38. The van der Waals surface area contributed by atoms with Crippen molar-refractivity contribution in [1.82, 2.24) is 0 Å². The van der Waals surface area contributed by atoms with Crippen LogP contribution in [0.5, 0.6) is 0 Å². The first-order valence-corrected chi connectivity index (χ1v) is 3.38. The number of carbonyl (C=O) groups excluding carboxylic acids is 1. The number of alkyl halides is 2. The number of carbonyl (C=O) groups is 1. The van der Waals surface area contributed by atoms with Crippen molar-refractivity contribution in [2.45, 2.75) is 24.7 Å². The Kier molecular flexibility index (Phi) is 4.92. The fraction of sp³-hybridized carbons (Fsp3) is 0.833. The van der Waals surface area contributed by atoms with E-state index in [-0.39, 0.29) is 0 Å². The Morgan fingerprint density at radius 3 is 2.00 bits per heavy atom. The van der Waals surface area contributed by atoms with Gasteiger partial charge in [-0.3, -0.25) is 4.79 Å². The van der Waals surface area contributed by atoms with Gasteiger partial charge in [-0.1, -0.05) is 0 Å². The Labute approximate surface area is 72.2 Å². The van der Waals surface area contributed by atoms with Gasteiger partial charge in [-0.25, -0.2) is 8.78 Å². The summed E-state index contributed by atoms with van der Waals surface area (Å²) in [5.41, 5.74) is 0. The average molecular weight is 200 g/mol. The Morgan fingerprint density at radius 2 is 1.69 bits per heavy atom. The topological polar surface area (TPSA) is 98.0 Å². The molecule has 0 aromatic carbocycles. The van der Waals surface area contributed by atoms with Gasteiger partial charge in [0, 0.05) is 0 Å². The van der Waals surface area contributed by atoms with Crippen LogP contribution >= 0.6 is 0 Å². The number of Topliss-reactive ketones (excluding diaryl/α,β-unsaturated/α-hetero) is 1. The van der Waals surface area contributed by atoms with Crippen LogP contribution in [-0.4, -0.2) is 57.6 Å². The van der Waals surface area contributed by atoms with Crippen molar-refractivity contribution in [3.63, 3.8) is 0 Å². The summed E-state index contributed by atoms with van der Waals surface area (Å²) >= 11 is 0. The van der Waals surface area contributed by atoms with Crippen LogP contribution in [0.1, 0.15) is 0 Å². The Hall–Kier alpha value is -0.630. The minimum Gasteiger partial charge on any atom is -0.394 e. The van der Waals surface area contributed by atoms with Crippen LogP contribution in [0.2, 0.25) is 0 Å². The number of halogens is 2. The van der Waals surface area contributed by atoms with Crippen LogP contribution in [0.25, 0.3) is 0 Å². The minimum atomic E-state index is -3.42. The standard InChI is InChI=1S/C6H10F2O5/c7-6(8)5(13)4(12)3(11)2(10)1-9/h2-4,6,9-12H,1H2/t2-,3-,4-/m1/s1. The smallest absolute Gasteiger partial charge is 0.298 e. The van der Waals surface area contributed by atoms with Crippen molar-refractivity contribution in [2.24, 2.45) is 0 Å². The third-order valence-electron chi connectivity index (χ3n) is 1.41. The van der Waals surface area contributed by atoms with Crippen LogP contribution in [0.15, 0.2) is 0 Å². The summed E-state index contributed by atoms with van der Waals surface area (Å²) in [5.74, 6) is -1.89. The molecule has 0 aromatic heterocycles. The maximum atomic E-state index is 11.6. The predicted molar refractivity (Wildman–Crippen MR) is 36.1 cm³/mol. The van der Waals surface area contributed by atoms with E-state index in [2.05, 4.69) is 0 Å². The molecule has 0 unspecified atom stereocenters. The highest BCUT2D eigenvalue weighted by molar-refractivity contribution is 5.86. The van der Waals surface area contributed by atoms with E-state index in [4.69, 9.17) is 20.4 Å². The molecule has 0 fully saturated rings. The molecular weight excluding hydrogens is 190 g/mol. The lowest BCUT2D eigenvalue weighted by Gasteiger charge is -2.19. The van der Waals surface area contributed by atoms with Crippen LogP contribution in [-0.2, 0) is 4.79 Å². The average Bonchev–Trinajstić information content (AvgIpc) is 2.12. The molecule has 0 bridgehead atoms. The molecule has 0 spiro atoms. The van der Waals surface area contributed by atoms with Gasteiger partial charge in [-0.15, -0.1) is 0 Å². The summed E-state index contributed by atoms with van der Waals surface area (Å²) in [6.45, 7) is -0.936. The van der Waals surface area contributed by atoms with Crippen LogP contribution in [0.3, 0.4) is 0 Å². The summed E-state index contributed by atoms with van der Waals surface area (Å²) in [6.07, 6.45) is -9.73. The zero-order chi connectivity index (χ0) is 10.6. The largest absolute Gasteiger partial charge is 0.394 e. The van der Waals surface area contributed by atoms with E-state index in [9.17, 15) is 13.6 Å². The second kappa shape index (κ2) is 5.18. The SMILES string of the molecule is O=C(C(F)F)[C@H](O)[C@H](O)[C@H](O)CO. The number of ketones is 1. The molecule has 0 amide bonds. The lowest BCUT2D eigenvalue weighted by Crippen LogP contribution is -2.45. The normalized spacial score (nSPS) is 18.4. The van der Waals surface area contributed by atoms with Crippen LogP contribution in [0.4, 0.5) is 8.78 Å². The van der Waals surface area contributed by atoms with Crippen molar-refractivity contribution in [3.8, 4) is 0 Å². The van der Waals surface area contributed by atoms with Crippen molar-refractivity contribution >= 4 is 5.78 Å². The van der Waals surface area contributed by atoms with E-state index in [1.807, 2.05) is 0 Å². The zero-order valence-electron chi connectivity index (χ0n) is 6.47. The third-order valence-corrected chi connectivity index (χ3v) is 1.41. The highest BCUT2D eigenvalue weighted by Gasteiger charge is 2.34. The molecule has 0 aromatic rings. The van der Waals surface area contributed by atoms with E-state index < -0.39 is 37.1 Å². The van der Waals surface area contributed by atoms with Gasteiger partial charge in [0.1, 0.15) is 18.3 Å². The van der Waals surface area contributed by atoms with E-state index in [0.29, 0.717) is 0 Å². The van der Waals surface area contributed by atoms with Crippen molar-refractivity contribution in [3.05, 3.63) is 0 Å². The second-order valence-electron chi connectivity index (χ2n) is 2.39. The molecule has 0 heterocycles. The molecule has 0 aliphatic rings.